The molecule has 3 heteroatoms. The largest absolute Gasteiger partial charge is 0.310 e. The van der Waals surface area contributed by atoms with Gasteiger partial charge < -0.3 is 5.32 Å². The average Bonchev–Trinajstić information content (AvgIpc) is 2.38. The highest BCUT2D eigenvalue weighted by atomic mass is 35.5. The molecule has 0 saturated heterocycles. The maximum Gasteiger partial charge on any atom is 0.0406 e. The van der Waals surface area contributed by atoms with E-state index in [0.717, 1.165) is 16.8 Å². The SMILES string of the molecule is CCCC(NCCC(C)SC)c1ccc(Cl)cc1. The smallest absolute Gasteiger partial charge is 0.0406 e. The summed E-state index contributed by atoms with van der Waals surface area (Å²) in [6, 6.07) is 8.68. The van der Waals surface area contributed by atoms with Gasteiger partial charge in [0.2, 0.25) is 0 Å². The van der Waals surface area contributed by atoms with Crippen molar-refractivity contribution in [3.05, 3.63) is 34.9 Å². The topological polar surface area (TPSA) is 12.0 Å². The Bertz CT molecular complexity index is 326. The van der Waals surface area contributed by atoms with Crippen molar-refractivity contribution in [2.45, 2.75) is 44.4 Å². The molecule has 0 aliphatic carbocycles. The lowest BCUT2D eigenvalue weighted by Crippen LogP contribution is -2.24. The molecule has 0 spiro atoms. The third-order valence-electron chi connectivity index (χ3n) is 3.19. The minimum absolute atomic E-state index is 0.460. The highest BCUT2D eigenvalue weighted by molar-refractivity contribution is 7.99. The highest BCUT2D eigenvalue weighted by Crippen LogP contribution is 2.21. The Kier molecular flexibility index (Phi) is 7.80. The first-order chi connectivity index (χ1) is 8.67. The molecule has 1 aromatic carbocycles. The van der Waals surface area contributed by atoms with Gasteiger partial charge in [0.1, 0.15) is 0 Å². The summed E-state index contributed by atoms with van der Waals surface area (Å²) >= 11 is 7.87. The standard InChI is InChI=1S/C15H24ClNS/c1-4-5-15(17-11-10-12(2)18-3)13-6-8-14(16)9-7-13/h6-9,12,15,17H,4-5,10-11H2,1-3H3. The number of thioether (sulfide) groups is 1. The van der Waals surface area contributed by atoms with Crippen LogP contribution in [0.1, 0.15) is 44.7 Å². The van der Waals surface area contributed by atoms with Crippen LogP contribution in [0.25, 0.3) is 0 Å². The maximum absolute atomic E-state index is 5.93. The fourth-order valence-corrected chi connectivity index (χ4v) is 2.43. The van der Waals surface area contributed by atoms with Crippen LogP contribution in [-0.2, 0) is 0 Å². The van der Waals surface area contributed by atoms with E-state index in [-0.39, 0.29) is 0 Å². The fraction of sp³-hybridized carbons (Fsp3) is 0.600. The second-order valence-electron chi connectivity index (χ2n) is 4.68. The molecular weight excluding hydrogens is 262 g/mol. The van der Waals surface area contributed by atoms with Gasteiger partial charge in [-0.2, -0.15) is 11.8 Å². The van der Waals surface area contributed by atoms with Crippen molar-refractivity contribution >= 4 is 23.4 Å². The molecule has 0 heterocycles. The summed E-state index contributed by atoms with van der Waals surface area (Å²) < 4.78 is 0. The van der Waals surface area contributed by atoms with E-state index < -0.39 is 0 Å². The molecule has 0 aromatic heterocycles. The molecule has 102 valence electrons. The van der Waals surface area contributed by atoms with Crippen molar-refractivity contribution in [3.8, 4) is 0 Å². The number of hydrogen-bond donors (Lipinski definition) is 1. The van der Waals surface area contributed by atoms with Crippen LogP contribution in [0.2, 0.25) is 5.02 Å². The maximum atomic E-state index is 5.93. The highest BCUT2D eigenvalue weighted by Gasteiger charge is 2.10. The van der Waals surface area contributed by atoms with E-state index in [2.05, 4.69) is 37.6 Å². The Morgan fingerprint density at radius 3 is 2.44 bits per heavy atom. The van der Waals surface area contributed by atoms with Gasteiger partial charge in [0.05, 0.1) is 0 Å². The van der Waals surface area contributed by atoms with E-state index in [1.165, 1.54) is 24.8 Å². The molecule has 0 amide bonds. The van der Waals surface area contributed by atoms with Crippen LogP contribution < -0.4 is 5.32 Å². The normalized spacial score (nSPS) is 14.4. The number of hydrogen-bond acceptors (Lipinski definition) is 2. The molecule has 0 bridgehead atoms. The van der Waals surface area contributed by atoms with Crippen molar-refractivity contribution in [3.63, 3.8) is 0 Å². The molecular formula is C15H24ClNS. The lowest BCUT2D eigenvalue weighted by molar-refractivity contribution is 0.487. The van der Waals surface area contributed by atoms with E-state index in [1.54, 1.807) is 0 Å². The fourth-order valence-electron chi connectivity index (χ4n) is 1.95. The second kappa shape index (κ2) is 8.84. The first-order valence-electron chi connectivity index (χ1n) is 6.69. The minimum Gasteiger partial charge on any atom is -0.310 e. The van der Waals surface area contributed by atoms with Crippen LogP contribution in [-0.4, -0.2) is 18.1 Å². The lowest BCUT2D eigenvalue weighted by atomic mass is 10.0. The number of benzene rings is 1. The van der Waals surface area contributed by atoms with Gasteiger partial charge in [0.15, 0.2) is 0 Å². The predicted molar refractivity (Wildman–Crippen MR) is 84.7 cm³/mol. The molecule has 0 fully saturated rings. The van der Waals surface area contributed by atoms with Gasteiger partial charge in [-0.15, -0.1) is 0 Å². The van der Waals surface area contributed by atoms with E-state index in [9.17, 15) is 0 Å². The Hall–Kier alpha value is -0.180. The monoisotopic (exact) mass is 285 g/mol. The van der Waals surface area contributed by atoms with Crippen LogP contribution in [0.15, 0.2) is 24.3 Å². The van der Waals surface area contributed by atoms with E-state index in [0.29, 0.717) is 6.04 Å². The molecule has 2 unspecified atom stereocenters. The molecule has 0 radical (unpaired) electrons. The van der Waals surface area contributed by atoms with Crippen molar-refractivity contribution in [1.82, 2.24) is 5.32 Å². The molecule has 0 aliphatic rings. The quantitative estimate of drug-likeness (QED) is 0.728. The summed E-state index contributed by atoms with van der Waals surface area (Å²) in [5.74, 6) is 0. The van der Waals surface area contributed by atoms with Gasteiger partial charge >= 0.3 is 0 Å². The van der Waals surface area contributed by atoms with Crippen molar-refractivity contribution in [2.24, 2.45) is 0 Å². The van der Waals surface area contributed by atoms with Crippen molar-refractivity contribution in [1.29, 1.82) is 0 Å². The van der Waals surface area contributed by atoms with E-state index in [4.69, 9.17) is 11.6 Å². The van der Waals surface area contributed by atoms with Crippen LogP contribution in [0, 0.1) is 0 Å². The summed E-state index contributed by atoms with van der Waals surface area (Å²) in [7, 11) is 0. The van der Waals surface area contributed by atoms with Crippen molar-refractivity contribution < 1.29 is 0 Å². The molecule has 2 atom stereocenters. The summed E-state index contributed by atoms with van der Waals surface area (Å²) in [4.78, 5) is 0. The first kappa shape index (κ1) is 15.9. The van der Waals surface area contributed by atoms with Gasteiger partial charge in [-0.25, -0.2) is 0 Å². The third kappa shape index (κ3) is 5.64. The molecule has 1 aromatic rings. The summed E-state index contributed by atoms with van der Waals surface area (Å²) in [6.07, 6.45) is 5.76. The Balaban J connectivity index is 2.51. The van der Waals surface area contributed by atoms with Gasteiger partial charge in [0.25, 0.3) is 0 Å². The molecule has 1 rings (SSSR count). The Morgan fingerprint density at radius 1 is 1.22 bits per heavy atom. The van der Waals surface area contributed by atoms with E-state index >= 15 is 0 Å². The minimum atomic E-state index is 0.460. The van der Waals surface area contributed by atoms with Crippen molar-refractivity contribution in [2.75, 3.05) is 12.8 Å². The molecule has 1 N–H and O–H groups in total. The van der Waals surface area contributed by atoms with Gasteiger partial charge in [-0.3, -0.25) is 0 Å². The van der Waals surface area contributed by atoms with Gasteiger partial charge in [0, 0.05) is 16.3 Å². The zero-order valence-electron chi connectivity index (χ0n) is 11.6. The first-order valence-corrected chi connectivity index (χ1v) is 8.35. The second-order valence-corrected chi connectivity index (χ2v) is 6.39. The number of rotatable bonds is 8. The van der Waals surface area contributed by atoms with Gasteiger partial charge in [-0.05, 0) is 43.3 Å². The summed E-state index contributed by atoms with van der Waals surface area (Å²) in [5.41, 5.74) is 1.35. The Morgan fingerprint density at radius 2 is 1.89 bits per heavy atom. The number of nitrogens with one attached hydrogen (secondary N) is 1. The van der Waals surface area contributed by atoms with Crippen LogP contribution in [0.5, 0.6) is 0 Å². The average molecular weight is 286 g/mol. The molecule has 1 nitrogen and oxygen atoms in total. The molecule has 18 heavy (non-hydrogen) atoms. The van der Waals surface area contributed by atoms with Crippen LogP contribution in [0.3, 0.4) is 0 Å². The zero-order valence-corrected chi connectivity index (χ0v) is 13.2. The lowest BCUT2D eigenvalue weighted by Gasteiger charge is -2.19. The third-order valence-corrected chi connectivity index (χ3v) is 4.49. The molecule has 0 aliphatic heterocycles. The number of halogens is 1. The zero-order chi connectivity index (χ0) is 13.4. The summed E-state index contributed by atoms with van der Waals surface area (Å²) in [6.45, 7) is 5.59. The molecule has 0 saturated carbocycles. The summed E-state index contributed by atoms with van der Waals surface area (Å²) in [5, 5.41) is 5.20. The Labute approximate surface area is 121 Å². The predicted octanol–water partition coefficient (Wildman–Crippen LogP) is 4.91. The van der Waals surface area contributed by atoms with Crippen LogP contribution in [0.4, 0.5) is 0 Å². The van der Waals surface area contributed by atoms with Gasteiger partial charge in [-0.1, -0.05) is 44.0 Å². The van der Waals surface area contributed by atoms with E-state index in [1.807, 2.05) is 23.9 Å². The van der Waals surface area contributed by atoms with Crippen LogP contribution >= 0.6 is 23.4 Å².